The van der Waals surface area contributed by atoms with Crippen LogP contribution < -0.4 is 4.90 Å². The Morgan fingerprint density at radius 1 is 0.440 bits per heavy atom. The Balaban J connectivity index is 1.16. The molecule has 9 rings (SSSR count). The van der Waals surface area contributed by atoms with Crippen LogP contribution in [-0.2, 0) is 0 Å². The van der Waals surface area contributed by atoms with Crippen molar-refractivity contribution in [2.45, 2.75) is 12.5 Å². The van der Waals surface area contributed by atoms with Crippen molar-refractivity contribution in [3.05, 3.63) is 205 Å². The van der Waals surface area contributed by atoms with Gasteiger partial charge in [-0.05, 0) is 81.3 Å². The molecule has 50 heavy (non-hydrogen) atoms. The van der Waals surface area contributed by atoms with Crippen molar-refractivity contribution in [3.8, 4) is 22.3 Å². The molecule has 0 bridgehead atoms. The zero-order chi connectivity index (χ0) is 33.3. The second kappa shape index (κ2) is 13.2. The van der Waals surface area contributed by atoms with Crippen LogP contribution >= 0.6 is 11.3 Å². The Bertz CT molecular complexity index is 2390. The van der Waals surface area contributed by atoms with Gasteiger partial charge in [0.05, 0.1) is 6.04 Å². The quantitative estimate of drug-likeness (QED) is 0.165. The molecule has 1 aliphatic rings. The lowest BCUT2D eigenvalue weighted by molar-refractivity contribution is 0.797. The Morgan fingerprint density at radius 3 is 1.54 bits per heavy atom. The summed E-state index contributed by atoms with van der Waals surface area (Å²) in [6, 6.07) is 66.1. The highest BCUT2D eigenvalue weighted by Crippen LogP contribution is 2.44. The lowest BCUT2D eigenvalue weighted by Gasteiger charge is -2.35. The lowest BCUT2D eigenvalue weighted by Crippen LogP contribution is -2.31. The van der Waals surface area contributed by atoms with E-state index in [0.29, 0.717) is 0 Å². The van der Waals surface area contributed by atoms with Crippen molar-refractivity contribution < 1.29 is 0 Å². The highest BCUT2D eigenvalue weighted by Gasteiger charge is 2.27. The fourth-order valence-electron chi connectivity index (χ4n) is 7.42. The second-order valence-electron chi connectivity index (χ2n) is 12.9. The Morgan fingerprint density at radius 2 is 0.940 bits per heavy atom. The van der Waals surface area contributed by atoms with E-state index in [9.17, 15) is 0 Å². The molecule has 2 heteroatoms. The molecule has 0 radical (unpaired) electrons. The van der Waals surface area contributed by atoms with Gasteiger partial charge in [0.1, 0.15) is 0 Å². The third kappa shape index (κ3) is 5.64. The van der Waals surface area contributed by atoms with Gasteiger partial charge in [0.15, 0.2) is 0 Å². The van der Waals surface area contributed by atoms with Gasteiger partial charge in [0, 0.05) is 31.5 Å². The maximum Gasteiger partial charge on any atom is 0.0566 e. The van der Waals surface area contributed by atoms with Crippen LogP contribution in [0.5, 0.6) is 0 Å². The zero-order valence-electron chi connectivity index (χ0n) is 27.6. The summed E-state index contributed by atoms with van der Waals surface area (Å²) in [6.07, 6.45) is 5.68. The van der Waals surface area contributed by atoms with Gasteiger partial charge in [-0.3, -0.25) is 0 Å². The molecule has 0 spiro atoms. The van der Waals surface area contributed by atoms with Crippen molar-refractivity contribution in [3.63, 3.8) is 0 Å². The zero-order valence-corrected chi connectivity index (χ0v) is 28.4. The third-order valence-electron chi connectivity index (χ3n) is 9.88. The number of nitrogens with zero attached hydrogens (tertiary/aromatic N) is 1. The van der Waals surface area contributed by atoms with Crippen LogP contribution in [0.4, 0.5) is 11.4 Å². The summed E-state index contributed by atoms with van der Waals surface area (Å²) < 4.78 is 2.68. The van der Waals surface area contributed by atoms with Gasteiger partial charge in [-0.1, -0.05) is 164 Å². The van der Waals surface area contributed by atoms with Crippen molar-refractivity contribution in [1.82, 2.24) is 0 Å². The monoisotopic (exact) mass is 657 g/mol. The van der Waals surface area contributed by atoms with Crippen LogP contribution in [0, 0.1) is 0 Å². The summed E-state index contributed by atoms with van der Waals surface area (Å²) >= 11 is 1.90. The van der Waals surface area contributed by atoms with Gasteiger partial charge in [-0.2, -0.15) is 0 Å². The summed E-state index contributed by atoms with van der Waals surface area (Å²) in [7, 11) is 0. The van der Waals surface area contributed by atoms with Crippen LogP contribution in [0.15, 0.2) is 194 Å². The van der Waals surface area contributed by atoms with E-state index >= 15 is 0 Å². The van der Waals surface area contributed by atoms with Crippen molar-refractivity contribution in [2.75, 3.05) is 4.90 Å². The van der Waals surface area contributed by atoms with Gasteiger partial charge in [0.2, 0.25) is 0 Å². The van der Waals surface area contributed by atoms with Crippen LogP contribution in [0.25, 0.3) is 53.6 Å². The predicted molar refractivity (Wildman–Crippen MR) is 216 cm³/mol. The number of allylic oxidation sites excluding steroid dienone is 2. The number of anilines is 2. The van der Waals surface area contributed by atoms with Crippen molar-refractivity contribution in [2.24, 2.45) is 0 Å². The SMILES string of the molecule is C1=CC(N(c2ccc(-c3ccccc3)cc2)c2ccc(-c3ccccc3)cc2)CC(c2ccccc2)=C1c1cccc2c1sc1ccccc12. The smallest absolute Gasteiger partial charge is 0.0566 e. The minimum absolute atomic E-state index is 0.112. The lowest BCUT2D eigenvalue weighted by atomic mass is 9.84. The fraction of sp³-hybridized carbons (Fsp3) is 0.0417. The summed E-state index contributed by atoms with van der Waals surface area (Å²) in [4.78, 5) is 2.51. The van der Waals surface area contributed by atoms with E-state index < -0.39 is 0 Å². The third-order valence-corrected chi connectivity index (χ3v) is 11.1. The molecular formula is C48H35NS. The molecule has 1 nitrogen and oxygen atoms in total. The molecule has 1 atom stereocenters. The molecular weight excluding hydrogens is 623 g/mol. The molecule has 8 aromatic rings. The second-order valence-corrected chi connectivity index (χ2v) is 13.9. The Labute approximate surface area is 297 Å². The topological polar surface area (TPSA) is 3.24 Å². The highest BCUT2D eigenvalue weighted by atomic mass is 32.1. The molecule has 0 fully saturated rings. The molecule has 1 heterocycles. The van der Waals surface area contributed by atoms with E-state index in [4.69, 9.17) is 0 Å². The highest BCUT2D eigenvalue weighted by molar-refractivity contribution is 7.26. The first kappa shape index (κ1) is 30.1. The van der Waals surface area contributed by atoms with Crippen molar-refractivity contribution in [1.29, 1.82) is 0 Å². The van der Waals surface area contributed by atoms with E-state index in [1.807, 2.05) is 11.3 Å². The standard InChI is InChI=1S/C48H35NS/c1-4-13-34(14-5-1)36-23-27-39(28-24-36)49(40-29-25-37(26-30-40)35-15-6-2-7-16-35)41-31-32-42(46(33-41)38-17-8-3-9-18-38)44-20-12-21-45-43-19-10-11-22-47(43)50-48(44)45/h1-32,41H,33H2. The molecule has 0 amide bonds. The Hall–Kier alpha value is -5.96. The van der Waals surface area contributed by atoms with Gasteiger partial charge in [-0.15, -0.1) is 11.3 Å². The number of rotatable bonds is 7. The summed E-state index contributed by atoms with van der Waals surface area (Å²) in [5, 5.41) is 2.66. The molecule has 0 saturated heterocycles. The Kier molecular flexibility index (Phi) is 7.93. The normalized spacial score (nSPS) is 14.4. The van der Waals surface area contributed by atoms with Gasteiger partial charge < -0.3 is 4.90 Å². The first-order valence-corrected chi connectivity index (χ1v) is 18.1. The number of thiophene rings is 1. The molecule has 0 saturated carbocycles. The molecule has 1 aliphatic carbocycles. The first-order chi connectivity index (χ1) is 24.8. The molecule has 0 aliphatic heterocycles. The summed E-state index contributed by atoms with van der Waals surface area (Å²) in [6.45, 7) is 0. The number of benzene rings is 7. The molecule has 1 aromatic heterocycles. The fourth-order valence-corrected chi connectivity index (χ4v) is 8.65. The molecule has 238 valence electrons. The summed E-state index contributed by atoms with van der Waals surface area (Å²) in [5.41, 5.74) is 12.5. The molecule has 0 N–H and O–H groups in total. The summed E-state index contributed by atoms with van der Waals surface area (Å²) in [5.74, 6) is 0. The van der Waals surface area contributed by atoms with Gasteiger partial charge in [-0.25, -0.2) is 0 Å². The van der Waals surface area contributed by atoms with Crippen molar-refractivity contribution >= 4 is 54.0 Å². The number of hydrogen-bond acceptors (Lipinski definition) is 2. The van der Waals surface area contributed by atoms with Crippen LogP contribution in [0.3, 0.4) is 0 Å². The predicted octanol–water partition coefficient (Wildman–Crippen LogP) is 13.5. The van der Waals surface area contributed by atoms with Crippen LogP contribution in [-0.4, -0.2) is 6.04 Å². The van der Waals surface area contributed by atoms with E-state index in [1.54, 1.807) is 0 Å². The largest absolute Gasteiger partial charge is 0.334 e. The van der Waals surface area contributed by atoms with E-state index in [1.165, 1.54) is 76.1 Å². The maximum absolute atomic E-state index is 2.51. The average molecular weight is 658 g/mol. The van der Waals surface area contributed by atoms with Gasteiger partial charge in [0.25, 0.3) is 0 Å². The van der Waals surface area contributed by atoms with Gasteiger partial charge >= 0.3 is 0 Å². The van der Waals surface area contributed by atoms with E-state index in [-0.39, 0.29) is 6.04 Å². The number of hydrogen-bond donors (Lipinski definition) is 0. The maximum atomic E-state index is 2.51. The minimum atomic E-state index is 0.112. The number of fused-ring (bicyclic) bond motifs is 3. The van der Waals surface area contributed by atoms with E-state index in [2.05, 4.69) is 199 Å². The minimum Gasteiger partial charge on any atom is -0.334 e. The molecule has 7 aromatic carbocycles. The first-order valence-electron chi connectivity index (χ1n) is 17.3. The van der Waals surface area contributed by atoms with E-state index in [0.717, 1.165) is 6.42 Å². The molecule has 1 unspecified atom stereocenters. The van der Waals surface area contributed by atoms with Crippen LogP contribution in [0.2, 0.25) is 0 Å². The average Bonchev–Trinajstić information content (AvgIpc) is 3.59. The van der Waals surface area contributed by atoms with Crippen LogP contribution in [0.1, 0.15) is 17.5 Å².